The van der Waals surface area contributed by atoms with E-state index in [1.807, 2.05) is 0 Å². The molecule has 0 aromatic heterocycles. The Labute approximate surface area is 154 Å². The molecule has 0 heterocycles. The Morgan fingerprint density at radius 1 is 0.889 bits per heavy atom. The zero-order valence-corrected chi connectivity index (χ0v) is 14.9. The van der Waals surface area contributed by atoms with Crippen LogP contribution in [0.5, 0.6) is 17.2 Å². The molecular weight excluding hydrogens is 358 g/mol. The highest BCUT2D eigenvalue weighted by atomic mass is 16.6. The number of benzene rings is 2. The average Bonchev–Trinajstić information content (AvgIpc) is 2.70. The molecule has 0 N–H and O–H groups in total. The Morgan fingerprint density at radius 3 is 2.07 bits per heavy atom. The Morgan fingerprint density at radius 2 is 1.48 bits per heavy atom. The molecule has 9 nitrogen and oxygen atoms in total. The van der Waals surface area contributed by atoms with Gasteiger partial charge in [-0.1, -0.05) is 0 Å². The second-order valence-corrected chi connectivity index (χ2v) is 5.21. The molecule has 2 rings (SSSR count). The Hall–Kier alpha value is -3.62. The van der Waals surface area contributed by atoms with Gasteiger partial charge in [-0.3, -0.25) is 14.9 Å². The molecule has 0 radical (unpaired) electrons. The fourth-order valence-corrected chi connectivity index (χ4v) is 2.27. The summed E-state index contributed by atoms with van der Waals surface area (Å²) in [6.45, 7) is -0.534. The average molecular weight is 375 g/mol. The number of carbonyl (C=O) groups is 2. The highest BCUT2D eigenvalue weighted by molar-refractivity contribution is 6.00. The lowest BCUT2D eigenvalue weighted by Gasteiger charge is -2.09. The molecule has 0 aliphatic heterocycles. The lowest BCUT2D eigenvalue weighted by Crippen LogP contribution is -2.14. The quantitative estimate of drug-likeness (QED) is 0.299. The van der Waals surface area contributed by atoms with Crippen molar-refractivity contribution in [3.8, 4) is 17.2 Å². The van der Waals surface area contributed by atoms with Gasteiger partial charge < -0.3 is 18.9 Å². The van der Waals surface area contributed by atoms with Gasteiger partial charge in [0.25, 0.3) is 0 Å². The summed E-state index contributed by atoms with van der Waals surface area (Å²) in [6.07, 6.45) is 0. The molecule has 0 aliphatic rings. The maximum Gasteiger partial charge on any atom is 0.338 e. The lowest BCUT2D eigenvalue weighted by atomic mass is 10.1. The largest absolute Gasteiger partial charge is 0.493 e. The molecule has 0 aliphatic carbocycles. The summed E-state index contributed by atoms with van der Waals surface area (Å²) < 4.78 is 20.0. The van der Waals surface area contributed by atoms with Gasteiger partial charge in [0.1, 0.15) is 0 Å². The van der Waals surface area contributed by atoms with Gasteiger partial charge in [-0.25, -0.2) is 4.79 Å². The van der Waals surface area contributed by atoms with Gasteiger partial charge in [-0.05, 0) is 30.3 Å². The number of methoxy groups -OCH3 is 3. The first-order valence-corrected chi connectivity index (χ1v) is 7.66. The molecule has 0 saturated carbocycles. The van der Waals surface area contributed by atoms with Crippen LogP contribution in [0.4, 0.5) is 5.69 Å². The number of hydrogen-bond acceptors (Lipinski definition) is 8. The number of esters is 1. The van der Waals surface area contributed by atoms with Crippen LogP contribution < -0.4 is 14.2 Å². The van der Waals surface area contributed by atoms with Crippen LogP contribution in [0.3, 0.4) is 0 Å². The fourth-order valence-electron chi connectivity index (χ4n) is 2.27. The van der Waals surface area contributed by atoms with Crippen LogP contribution in [-0.4, -0.2) is 44.6 Å². The highest BCUT2D eigenvalue weighted by Crippen LogP contribution is 2.29. The number of nitrogens with zero attached hydrogens (tertiary/aromatic N) is 1. The van der Waals surface area contributed by atoms with Gasteiger partial charge in [-0.15, -0.1) is 0 Å². The molecule has 0 amide bonds. The third-order valence-electron chi connectivity index (χ3n) is 3.65. The smallest absolute Gasteiger partial charge is 0.338 e. The molecule has 0 bridgehead atoms. The highest BCUT2D eigenvalue weighted by Gasteiger charge is 2.20. The summed E-state index contributed by atoms with van der Waals surface area (Å²) in [5.74, 6) is -0.503. The summed E-state index contributed by atoms with van der Waals surface area (Å²) >= 11 is 0. The second-order valence-electron chi connectivity index (χ2n) is 5.21. The van der Waals surface area contributed by atoms with Gasteiger partial charge in [0.15, 0.2) is 29.6 Å². The maximum atomic E-state index is 12.2. The first-order chi connectivity index (χ1) is 12.9. The number of rotatable bonds is 8. The Kier molecular flexibility index (Phi) is 6.32. The van der Waals surface area contributed by atoms with Gasteiger partial charge >= 0.3 is 11.7 Å². The Balaban J connectivity index is 2.10. The van der Waals surface area contributed by atoms with E-state index in [9.17, 15) is 19.7 Å². The van der Waals surface area contributed by atoms with Gasteiger partial charge in [0.2, 0.25) is 0 Å². The number of nitro groups is 1. The molecule has 9 heteroatoms. The second kappa shape index (κ2) is 8.65. The van der Waals surface area contributed by atoms with Crippen molar-refractivity contribution in [2.24, 2.45) is 0 Å². The van der Waals surface area contributed by atoms with Gasteiger partial charge in [-0.2, -0.15) is 0 Å². The van der Waals surface area contributed by atoms with Crippen molar-refractivity contribution < 1.29 is 33.5 Å². The number of nitro benzene ring substituents is 1. The van der Waals surface area contributed by atoms with Crippen molar-refractivity contribution in [2.75, 3.05) is 27.9 Å². The van der Waals surface area contributed by atoms with E-state index in [0.717, 1.165) is 6.07 Å². The van der Waals surface area contributed by atoms with Crippen LogP contribution in [0.15, 0.2) is 36.4 Å². The van der Waals surface area contributed by atoms with Crippen molar-refractivity contribution in [1.82, 2.24) is 0 Å². The number of Topliss-reactive ketones (excluding diaryl/α,β-unsaturated/α-hetero) is 1. The topological polar surface area (TPSA) is 114 Å². The molecule has 0 unspecified atom stereocenters. The van der Waals surface area contributed by atoms with E-state index in [-0.39, 0.29) is 22.6 Å². The fraction of sp³-hybridized carbons (Fsp3) is 0.222. The maximum absolute atomic E-state index is 12.2. The minimum absolute atomic E-state index is 0.0120. The minimum atomic E-state index is -0.866. The van der Waals surface area contributed by atoms with Crippen LogP contribution in [0.2, 0.25) is 0 Å². The van der Waals surface area contributed by atoms with Crippen molar-refractivity contribution in [2.45, 2.75) is 0 Å². The van der Waals surface area contributed by atoms with Crippen LogP contribution >= 0.6 is 0 Å². The third kappa shape index (κ3) is 4.51. The van der Waals surface area contributed by atoms with Crippen molar-refractivity contribution in [3.05, 3.63) is 57.6 Å². The number of ether oxygens (including phenoxy) is 4. The molecular formula is C18H17NO8. The predicted octanol–water partition coefficient (Wildman–Crippen LogP) is 2.66. The summed E-state index contributed by atoms with van der Waals surface area (Å²) in [5, 5.41) is 11.0. The van der Waals surface area contributed by atoms with E-state index in [4.69, 9.17) is 18.9 Å². The van der Waals surface area contributed by atoms with Crippen molar-refractivity contribution in [1.29, 1.82) is 0 Å². The number of hydrogen-bond donors (Lipinski definition) is 0. The van der Waals surface area contributed by atoms with Gasteiger partial charge in [0, 0.05) is 11.6 Å². The lowest BCUT2D eigenvalue weighted by molar-refractivity contribution is -0.385. The Bertz CT molecular complexity index is 878. The van der Waals surface area contributed by atoms with E-state index in [1.54, 1.807) is 6.07 Å². The van der Waals surface area contributed by atoms with E-state index >= 15 is 0 Å². The summed E-state index contributed by atoms with van der Waals surface area (Å²) in [4.78, 5) is 34.7. The van der Waals surface area contributed by atoms with Crippen LogP contribution in [0.1, 0.15) is 20.7 Å². The first kappa shape index (κ1) is 19.7. The third-order valence-corrected chi connectivity index (χ3v) is 3.65. The molecule has 0 fully saturated rings. The molecule has 27 heavy (non-hydrogen) atoms. The van der Waals surface area contributed by atoms with E-state index < -0.39 is 23.3 Å². The SMILES string of the molecule is COc1ccc(C(=O)COC(=O)c2ccc(OC)c([N+](=O)[O-])c2)cc1OC. The van der Waals surface area contributed by atoms with E-state index in [0.29, 0.717) is 11.5 Å². The predicted molar refractivity (Wildman–Crippen MR) is 93.8 cm³/mol. The summed E-state index contributed by atoms with van der Waals surface area (Å²) in [5.41, 5.74) is -0.179. The number of carbonyl (C=O) groups excluding carboxylic acids is 2. The summed E-state index contributed by atoms with van der Waals surface area (Å²) in [7, 11) is 4.18. The zero-order valence-electron chi connectivity index (χ0n) is 14.9. The molecule has 0 atom stereocenters. The molecule has 2 aromatic rings. The zero-order chi connectivity index (χ0) is 20.0. The number of ketones is 1. The van der Waals surface area contributed by atoms with Crippen molar-refractivity contribution in [3.63, 3.8) is 0 Å². The monoisotopic (exact) mass is 375 g/mol. The molecule has 2 aromatic carbocycles. The standard InChI is InChI=1S/C18H17NO8/c1-24-15-6-5-12(8-13(15)19(22)23)18(21)27-10-14(20)11-4-7-16(25-2)17(9-11)26-3/h4-9H,10H2,1-3H3. The van der Waals surface area contributed by atoms with Crippen LogP contribution in [-0.2, 0) is 4.74 Å². The van der Waals surface area contributed by atoms with Gasteiger partial charge in [0.05, 0.1) is 31.8 Å². The minimum Gasteiger partial charge on any atom is -0.493 e. The molecule has 0 saturated heterocycles. The first-order valence-electron chi connectivity index (χ1n) is 7.66. The van der Waals surface area contributed by atoms with Crippen LogP contribution in [0.25, 0.3) is 0 Å². The van der Waals surface area contributed by atoms with Crippen molar-refractivity contribution >= 4 is 17.4 Å². The molecule has 142 valence electrons. The van der Waals surface area contributed by atoms with E-state index in [1.165, 1.54) is 45.6 Å². The molecule has 0 spiro atoms. The van der Waals surface area contributed by atoms with Crippen LogP contribution in [0, 0.1) is 10.1 Å². The normalized spacial score (nSPS) is 10.0. The summed E-state index contributed by atoms with van der Waals surface area (Å²) in [6, 6.07) is 8.16. The van der Waals surface area contributed by atoms with E-state index in [2.05, 4.69) is 0 Å².